The van der Waals surface area contributed by atoms with E-state index in [-0.39, 0.29) is 10.8 Å². The van der Waals surface area contributed by atoms with Gasteiger partial charge in [0, 0.05) is 17.3 Å². The molecule has 2 heteroatoms. The van der Waals surface area contributed by atoms with Gasteiger partial charge in [-0.1, -0.05) is 41.5 Å². The number of hydrogen-bond donors (Lipinski definition) is 1. The second kappa shape index (κ2) is 3.59. The second-order valence-electron chi connectivity index (χ2n) is 6.79. The van der Waals surface area contributed by atoms with E-state index < -0.39 is 0 Å². The Bertz CT molecular complexity index is 536. The topological polar surface area (TPSA) is 28.7 Å². The molecule has 0 bridgehead atoms. The summed E-state index contributed by atoms with van der Waals surface area (Å²) in [6, 6.07) is 4.30. The van der Waals surface area contributed by atoms with Gasteiger partial charge in [-0.2, -0.15) is 0 Å². The van der Waals surface area contributed by atoms with Crippen LogP contribution >= 0.6 is 0 Å². The first-order valence-electron chi connectivity index (χ1n) is 6.19. The zero-order chi connectivity index (χ0) is 12.8. The fraction of sp³-hybridized carbons (Fsp3) is 0.533. The van der Waals surface area contributed by atoms with E-state index in [1.807, 2.05) is 6.20 Å². The minimum Gasteiger partial charge on any atom is -0.360 e. The number of rotatable bonds is 0. The molecule has 0 aliphatic carbocycles. The Morgan fingerprint density at radius 2 is 1.65 bits per heavy atom. The number of hydrogen-bond acceptors (Lipinski definition) is 1. The first-order valence-corrected chi connectivity index (χ1v) is 6.19. The van der Waals surface area contributed by atoms with Gasteiger partial charge < -0.3 is 4.98 Å². The molecule has 0 aliphatic rings. The zero-order valence-electron chi connectivity index (χ0n) is 11.7. The molecule has 2 rings (SSSR count). The molecular formula is C15H22N2. The number of aromatic nitrogens is 2. The molecule has 2 aromatic rings. The molecule has 0 atom stereocenters. The lowest BCUT2D eigenvalue weighted by atomic mass is 9.83. The van der Waals surface area contributed by atoms with Crippen molar-refractivity contribution in [1.29, 1.82) is 0 Å². The third kappa shape index (κ3) is 2.21. The summed E-state index contributed by atoms with van der Waals surface area (Å²) in [7, 11) is 0. The Morgan fingerprint density at radius 3 is 2.18 bits per heavy atom. The highest BCUT2D eigenvalue weighted by molar-refractivity contribution is 5.80. The van der Waals surface area contributed by atoms with Gasteiger partial charge in [0.15, 0.2) is 0 Å². The van der Waals surface area contributed by atoms with Gasteiger partial charge in [-0.3, -0.25) is 4.98 Å². The fourth-order valence-electron chi connectivity index (χ4n) is 2.02. The summed E-state index contributed by atoms with van der Waals surface area (Å²) in [5.74, 6) is 0. The minimum atomic E-state index is 0.0887. The van der Waals surface area contributed by atoms with Crippen molar-refractivity contribution in [3.8, 4) is 0 Å². The van der Waals surface area contributed by atoms with Gasteiger partial charge in [-0.25, -0.2) is 0 Å². The molecule has 17 heavy (non-hydrogen) atoms. The summed E-state index contributed by atoms with van der Waals surface area (Å²) >= 11 is 0. The van der Waals surface area contributed by atoms with Gasteiger partial charge in [0.1, 0.15) is 0 Å². The average Bonchev–Trinajstić information content (AvgIpc) is 2.59. The number of pyridine rings is 1. The molecule has 92 valence electrons. The largest absolute Gasteiger partial charge is 0.360 e. The highest BCUT2D eigenvalue weighted by Crippen LogP contribution is 2.32. The zero-order valence-corrected chi connectivity index (χ0v) is 11.7. The number of fused-ring (bicyclic) bond motifs is 1. The first kappa shape index (κ1) is 12.2. The van der Waals surface area contributed by atoms with Crippen molar-refractivity contribution in [1.82, 2.24) is 9.97 Å². The van der Waals surface area contributed by atoms with E-state index in [0.717, 1.165) is 11.2 Å². The van der Waals surface area contributed by atoms with Crippen LogP contribution in [0.1, 0.15) is 52.8 Å². The van der Waals surface area contributed by atoms with E-state index >= 15 is 0 Å². The second-order valence-corrected chi connectivity index (χ2v) is 6.79. The molecule has 0 aliphatic heterocycles. The molecular weight excluding hydrogens is 208 g/mol. The summed E-state index contributed by atoms with van der Waals surface area (Å²) < 4.78 is 0. The monoisotopic (exact) mass is 230 g/mol. The van der Waals surface area contributed by atoms with Crippen LogP contribution in [0.4, 0.5) is 0 Å². The molecule has 2 aromatic heterocycles. The van der Waals surface area contributed by atoms with E-state index in [4.69, 9.17) is 4.98 Å². The SMILES string of the molecule is CC(C)(C)c1cc(C(C)(C)C)c2[nH]ccc2n1. The van der Waals surface area contributed by atoms with Gasteiger partial charge >= 0.3 is 0 Å². The van der Waals surface area contributed by atoms with Gasteiger partial charge in [0.05, 0.1) is 11.0 Å². The molecule has 1 N–H and O–H groups in total. The van der Waals surface area contributed by atoms with Crippen molar-refractivity contribution >= 4 is 11.0 Å². The van der Waals surface area contributed by atoms with E-state index in [0.29, 0.717) is 0 Å². The van der Waals surface area contributed by atoms with E-state index in [1.54, 1.807) is 0 Å². The van der Waals surface area contributed by atoms with Gasteiger partial charge in [-0.15, -0.1) is 0 Å². The predicted molar refractivity (Wildman–Crippen MR) is 73.5 cm³/mol. The van der Waals surface area contributed by atoms with E-state index in [1.165, 1.54) is 11.1 Å². The summed E-state index contributed by atoms with van der Waals surface area (Å²) in [4.78, 5) is 8.06. The van der Waals surface area contributed by atoms with Crippen LogP contribution in [0, 0.1) is 0 Å². The van der Waals surface area contributed by atoms with Crippen LogP contribution in [-0.2, 0) is 10.8 Å². The molecule has 2 nitrogen and oxygen atoms in total. The van der Waals surface area contributed by atoms with Crippen LogP contribution in [0.15, 0.2) is 18.3 Å². The first-order chi connectivity index (χ1) is 7.69. The van der Waals surface area contributed by atoms with Crippen LogP contribution in [0.2, 0.25) is 0 Å². The van der Waals surface area contributed by atoms with Gasteiger partial charge in [0.25, 0.3) is 0 Å². The Labute approximate surface area is 103 Å². The van der Waals surface area contributed by atoms with Crippen LogP contribution in [0.3, 0.4) is 0 Å². The van der Waals surface area contributed by atoms with Crippen molar-refractivity contribution in [3.63, 3.8) is 0 Å². The lowest BCUT2D eigenvalue weighted by Crippen LogP contribution is -2.18. The van der Waals surface area contributed by atoms with Crippen molar-refractivity contribution in [2.45, 2.75) is 52.4 Å². The van der Waals surface area contributed by atoms with Crippen molar-refractivity contribution in [2.24, 2.45) is 0 Å². The number of aromatic amines is 1. The standard InChI is InChI=1S/C15H22N2/c1-14(2,3)10-9-12(15(4,5)6)17-11-7-8-16-13(10)11/h7-9,16H,1-6H3. The van der Waals surface area contributed by atoms with Crippen molar-refractivity contribution in [3.05, 3.63) is 29.6 Å². The smallest absolute Gasteiger partial charge is 0.0885 e. The molecule has 0 unspecified atom stereocenters. The van der Waals surface area contributed by atoms with Crippen LogP contribution in [0.25, 0.3) is 11.0 Å². The Morgan fingerprint density at radius 1 is 1.00 bits per heavy atom. The normalized spacial score (nSPS) is 13.3. The summed E-state index contributed by atoms with van der Waals surface area (Å²) in [6.07, 6.45) is 1.97. The quantitative estimate of drug-likeness (QED) is 0.723. The third-order valence-corrected chi connectivity index (χ3v) is 3.09. The minimum absolute atomic E-state index is 0.0887. The maximum Gasteiger partial charge on any atom is 0.0885 e. The van der Waals surface area contributed by atoms with Crippen LogP contribution in [-0.4, -0.2) is 9.97 Å². The number of nitrogens with one attached hydrogen (secondary N) is 1. The number of H-pyrrole nitrogens is 1. The van der Waals surface area contributed by atoms with Crippen molar-refractivity contribution < 1.29 is 0 Å². The lowest BCUT2D eigenvalue weighted by Gasteiger charge is -2.24. The highest BCUT2D eigenvalue weighted by atomic mass is 14.8. The molecule has 0 amide bonds. The van der Waals surface area contributed by atoms with Gasteiger partial charge in [-0.05, 0) is 23.1 Å². The molecule has 0 radical (unpaired) electrons. The molecule has 0 aromatic carbocycles. The predicted octanol–water partition coefficient (Wildman–Crippen LogP) is 4.16. The molecule has 0 saturated carbocycles. The summed E-state index contributed by atoms with van der Waals surface area (Å²) in [5.41, 5.74) is 4.97. The van der Waals surface area contributed by atoms with E-state index in [2.05, 4.69) is 58.7 Å². The van der Waals surface area contributed by atoms with Crippen LogP contribution in [0.5, 0.6) is 0 Å². The van der Waals surface area contributed by atoms with Gasteiger partial charge in [0.2, 0.25) is 0 Å². The number of nitrogens with zero attached hydrogens (tertiary/aromatic N) is 1. The van der Waals surface area contributed by atoms with Crippen molar-refractivity contribution in [2.75, 3.05) is 0 Å². The molecule has 0 spiro atoms. The Hall–Kier alpha value is -1.31. The molecule has 0 saturated heterocycles. The third-order valence-electron chi connectivity index (χ3n) is 3.09. The van der Waals surface area contributed by atoms with Crippen LogP contribution < -0.4 is 0 Å². The maximum atomic E-state index is 4.75. The lowest BCUT2D eigenvalue weighted by molar-refractivity contribution is 0.557. The summed E-state index contributed by atoms with van der Waals surface area (Å²) in [6.45, 7) is 13.4. The Kier molecular flexibility index (Phi) is 2.57. The maximum absolute atomic E-state index is 4.75. The molecule has 2 heterocycles. The Balaban J connectivity index is 2.76. The van der Waals surface area contributed by atoms with E-state index in [9.17, 15) is 0 Å². The average molecular weight is 230 g/mol. The molecule has 0 fully saturated rings. The summed E-state index contributed by atoms with van der Waals surface area (Å²) in [5, 5.41) is 0. The highest BCUT2D eigenvalue weighted by Gasteiger charge is 2.23. The fourth-order valence-corrected chi connectivity index (χ4v) is 2.02.